The van der Waals surface area contributed by atoms with E-state index < -0.39 is 0 Å². The van der Waals surface area contributed by atoms with E-state index >= 15 is 0 Å². The molecular weight excluding hydrogens is 386 g/mol. The molecule has 0 spiro atoms. The first kappa shape index (κ1) is 20.5. The van der Waals surface area contributed by atoms with Crippen molar-refractivity contribution in [3.63, 3.8) is 0 Å². The highest BCUT2D eigenvalue weighted by molar-refractivity contribution is 6.31. The lowest BCUT2D eigenvalue weighted by Crippen LogP contribution is -2.09. The number of carbonyl (C=O) groups is 1. The van der Waals surface area contributed by atoms with Crippen LogP contribution in [0.25, 0.3) is 16.9 Å². The molecule has 0 radical (unpaired) electrons. The minimum atomic E-state index is -0.232. The van der Waals surface area contributed by atoms with E-state index in [-0.39, 0.29) is 12.4 Å². The lowest BCUT2D eigenvalue weighted by Gasteiger charge is -2.17. The van der Waals surface area contributed by atoms with Crippen LogP contribution in [0.3, 0.4) is 0 Å². The smallest absolute Gasteiger partial charge is 0.306 e. The number of benzene rings is 2. The molecule has 0 amide bonds. The van der Waals surface area contributed by atoms with Crippen LogP contribution in [-0.2, 0) is 16.0 Å². The minimum Gasteiger partial charge on any atom is -0.466 e. The van der Waals surface area contributed by atoms with Crippen molar-refractivity contribution in [1.82, 2.24) is 4.57 Å². The zero-order valence-corrected chi connectivity index (χ0v) is 17.2. The van der Waals surface area contributed by atoms with Gasteiger partial charge >= 0.3 is 5.97 Å². The van der Waals surface area contributed by atoms with Gasteiger partial charge in [0.15, 0.2) is 0 Å². The topological polar surface area (TPSA) is 81.0 Å². The van der Waals surface area contributed by atoms with Gasteiger partial charge in [-0.05, 0) is 74.4 Å². The van der Waals surface area contributed by atoms with Crippen LogP contribution in [0.4, 0.5) is 5.69 Å². The number of ether oxygens (including phenoxy) is 1. The molecule has 1 heterocycles. The first-order valence-electron chi connectivity index (χ1n) is 9.37. The van der Waals surface area contributed by atoms with Gasteiger partial charge in [-0.1, -0.05) is 11.6 Å². The molecule has 148 valence electrons. The molecule has 6 heteroatoms. The fourth-order valence-electron chi connectivity index (χ4n) is 3.37. The zero-order valence-electron chi connectivity index (χ0n) is 16.4. The lowest BCUT2D eigenvalue weighted by atomic mass is 10.1. The van der Waals surface area contributed by atoms with E-state index in [4.69, 9.17) is 22.1 Å². The van der Waals surface area contributed by atoms with Crippen LogP contribution >= 0.6 is 11.6 Å². The first-order valence-corrected chi connectivity index (χ1v) is 9.75. The van der Waals surface area contributed by atoms with Gasteiger partial charge in [-0.25, -0.2) is 0 Å². The van der Waals surface area contributed by atoms with Gasteiger partial charge in [-0.3, -0.25) is 4.79 Å². The molecule has 1 aromatic heterocycles. The molecule has 0 aliphatic heterocycles. The number of anilines is 1. The second-order valence-corrected chi connectivity index (χ2v) is 7.13. The summed E-state index contributed by atoms with van der Waals surface area (Å²) in [6.07, 6.45) is 0.800. The average molecular weight is 408 g/mol. The van der Waals surface area contributed by atoms with Crippen molar-refractivity contribution in [2.75, 3.05) is 12.3 Å². The Morgan fingerprint density at radius 3 is 2.66 bits per heavy atom. The van der Waals surface area contributed by atoms with Crippen LogP contribution in [0.2, 0.25) is 5.02 Å². The van der Waals surface area contributed by atoms with Crippen LogP contribution in [0, 0.1) is 18.3 Å². The SMILES string of the molecule is CCOC(=O)CCc1ccc(-c2ccc(Cl)cc2N)n1-c1ccc(C#N)cc1C. The van der Waals surface area contributed by atoms with Gasteiger partial charge in [-0.2, -0.15) is 5.26 Å². The Bertz CT molecular complexity index is 1100. The normalized spacial score (nSPS) is 10.6. The predicted octanol–water partition coefficient (Wildman–Crippen LogP) is 5.06. The Hall–Kier alpha value is -3.23. The van der Waals surface area contributed by atoms with Crippen molar-refractivity contribution >= 4 is 23.3 Å². The predicted molar refractivity (Wildman–Crippen MR) is 115 cm³/mol. The summed E-state index contributed by atoms with van der Waals surface area (Å²) in [5.74, 6) is -0.232. The van der Waals surface area contributed by atoms with E-state index in [1.165, 1.54) is 0 Å². The summed E-state index contributed by atoms with van der Waals surface area (Å²) in [6.45, 7) is 4.11. The van der Waals surface area contributed by atoms with Gasteiger partial charge in [0.05, 0.1) is 30.4 Å². The number of nitriles is 1. The quantitative estimate of drug-likeness (QED) is 0.457. The maximum absolute atomic E-state index is 11.9. The molecule has 0 unspecified atom stereocenters. The molecule has 0 bridgehead atoms. The van der Waals surface area contributed by atoms with E-state index in [9.17, 15) is 10.1 Å². The highest BCUT2D eigenvalue weighted by atomic mass is 35.5. The van der Waals surface area contributed by atoms with Crippen molar-refractivity contribution in [2.24, 2.45) is 0 Å². The summed E-state index contributed by atoms with van der Waals surface area (Å²) in [5, 5.41) is 9.76. The third-order valence-corrected chi connectivity index (χ3v) is 4.94. The molecule has 3 aromatic rings. The third-order valence-electron chi connectivity index (χ3n) is 4.71. The minimum absolute atomic E-state index is 0.232. The number of nitrogen functional groups attached to an aromatic ring is 1. The number of aromatic nitrogens is 1. The molecule has 0 aliphatic carbocycles. The Labute approximate surface area is 175 Å². The number of rotatable bonds is 6. The van der Waals surface area contributed by atoms with Crippen LogP contribution in [0.5, 0.6) is 0 Å². The van der Waals surface area contributed by atoms with Crippen LogP contribution in [0.15, 0.2) is 48.5 Å². The number of nitrogens with zero attached hydrogens (tertiary/aromatic N) is 2. The Morgan fingerprint density at radius 1 is 1.21 bits per heavy atom. The van der Waals surface area contributed by atoms with E-state index in [2.05, 4.69) is 10.6 Å². The molecular formula is C23H22ClN3O2. The number of hydrogen-bond acceptors (Lipinski definition) is 4. The molecule has 0 saturated carbocycles. The van der Waals surface area contributed by atoms with Gasteiger partial charge in [0.2, 0.25) is 0 Å². The molecule has 2 aromatic carbocycles. The van der Waals surface area contributed by atoms with Crippen molar-refractivity contribution < 1.29 is 9.53 Å². The fourth-order valence-corrected chi connectivity index (χ4v) is 3.56. The number of esters is 1. The zero-order chi connectivity index (χ0) is 21.0. The summed E-state index contributed by atoms with van der Waals surface area (Å²) in [6, 6.07) is 17.1. The van der Waals surface area contributed by atoms with Crippen LogP contribution < -0.4 is 5.73 Å². The second-order valence-electron chi connectivity index (χ2n) is 6.69. The van der Waals surface area contributed by atoms with Crippen molar-refractivity contribution in [3.05, 3.63) is 70.4 Å². The Morgan fingerprint density at radius 2 is 2.00 bits per heavy atom. The lowest BCUT2D eigenvalue weighted by molar-refractivity contribution is -0.143. The number of halogens is 1. The van der Waals surface area contributed by atoms with Crippen LogP contribution in [0.1, 0.15) is 30.2 Å². The standard InChI is InChI=1S/C23H22ClN3O2/c1-3-29-23(28)11-7-18-6-10-22(19-8-5-17(24)13-20(19)26)27(18)21-9-4-16(14-25)12-15(21)2/h4-6,8-10,12-13H,3,7,11,26H2,1-2H3. The highest BCUT2D eigenvalue weighted by Crippen LogP contribution is 2.33. The van der Waals surface area contributed by atoms with Gasteiger partial charge in [0, 0.05) is 27.7 Å². The van der Waals surface area contributed by atoms with E-state index in [0.717, 1.165) is 28.2 Å². The van der Waals surface area contributed by atoms with Gasteiger partial charge in [0.25, 0.3) is 0 Å². The van der Waals surface area contributed by atoms with E-state index in [1.54, 1.807) is 25.1 Å². The van der Waals surface area contributed by atoms with Gasteiger partial charge in [-0.15, -0.1) is 0 Å². The summed E-state index contributed by atoms with van der Waals surface area (Å²) < 4.78 is 7.15. The molecule has 0 fully saturated rings. The summed E-state index contributed by atoms with van der Waals surface area (Å²) in [4.78, 5) is 11.9. The third kappa shape index (κ3) is 4.44. The molecule has 5 nitrogen and oxygen atoms in total. The van der Waals surface area contributed by atoms with E-state index in [0.29, 0.717) is 29.3 Å². The Balaban J connectivity index is 2.12. The maximum Gasteiger partial charge on any atom is 0.306 e. The highest BCUT2D eigenvalue weighted by Gasteiger charge is 2.17. The molecule has 3 rings (SSSR count). The molecule has 2 N–H and O–H groups in total. The summed E-state index contributed by atoms with van der Waals surface area (Å²) >= 11 is 6.07. The van der Waals surface area contributed by atoms with Gasteiger partial charge < -0.3 is 15.0 Å². The average Bonchev–Trinajstić information content (AvgIpc) is 3.10. The molecule has 0 aliphatic rings. The molecule has 29 heavy (non-hydrogen) atoms. The largest absolute Gasteiger partial charge is 0.466 e. The summed E-state index contributed by atoms with van der Waals surface area (Å²) in [5.41, 5.74) is 12.0. The second kappa shape index (κ2) is 8.85. The fraction of sp³-hybridized carbons (Fsp3) is 0.217. The summed E-state index contributed by atoms with van der Waals surface area (Å²) in [7, 11) is 0. The molecule has 0 atom stereocenters. The van der Waals surface area contributed by atoms with Crippen molar-refractivity contribution in [2.45, 2.75) is 26.7 Å². The molecule has 0 saturated heterocycles. The Kier molecular flexibility index (Phi) is 6.26. The maximum atomic E-state index is 11.9. The van der Waals surface area contributed by atoms with Crippen molar-refractivity contribution in [3.8, 4) is 23.0 Å². The van der Waals surface area contributed by atoms with Crippen molar-refractivity contribution in [1.29, 1.82) is 5.26 Å². The number of carbonyl (C=O) groups excluding carboxylic acids is 1. The van der Waals surface area contributed by atoms with Gasteiger partial charge in [0.1, 0.15) is 0 Å². The monoisotopic (exact) mass is 407 g/mol. The number of hydrogen-bond donors (Lipinski definition) is 1. The number of nitrogens with two attached hydrogens (primary N) is 1. The number of aryl methyl sites for hydroxylation is 2. The first-order chi connectivity index (χ1) is 13.9. The van der Waals surface area contributed by atoms with E-state index in [1.807, 2.05) is 37.3 Å². The van der Waals surface area contributed by atoms with Crippen LogP contribution in [-0.4, -0.2) is 17.1 Å².